The summed E-state index contributed by atoms with van der Waals surface area (Å²) in [6, 6.07) is 1.87. The van der Waals surface area contributed by atoms with Gasteiger partial charge in [0.1, 0.15) is 0 Å². The van der Waals surface area contributed by atoms with Crippen molar-refractivity contribution in [2.75, 3.05) is 33.4 Å². The van der Waals surface area contributed by atoms with Gasteiger partial charge in [0, 0.05) is 45.2 Å². The molecule has 0 spiro atoms. The number of nitrogens with zero attached hydrogens (tertiary/aromatic N) is 2. The second-order valence-electron chi connectivity index (χ2n) is 5.11. The highest BCUT2D eigenvalue weighted by Crippen LogP contribution is 2.05. The minimum Gasteiger partial charge on any atom is -0.383 e. The number of aromatic nitrogens is 1. The van der Waals surface area contributed by atoms with Crippen LogP contribution < -0.4 is 0 Å². The van der Waals surface area contributed by atoms with Crippen LogP contribution in [0.25, 0.3) is 0 Å². The lowest BCUT2D eigenvalue weighted by Gasteiger charge is -2.22. The van der Waals surface area contributed by atoms with Crippen molar-refractivity contribution in [1.82, 2.24) is 9.47 Å². The molecule has 0 aliphatic carbocycles. The van der Waals surface area contributed by atoms with E-state index < -0.39 is 0 Å². The number of rotatable bonds is 8. The molecule has 1 aromatic heterocycles. The third-order valence-electron chi connectivity index (χ3n) is 2.76. The van der Waals surface area contributed by atoms with Crippen molar-refractivity contribution in [3.8, 4) is 0 Å². The molecule has 0 aliphatic heterocycles. The Morgan fingerprint density at radius 1 is 1.50 bits per heavy atom. The predicted molar refractivity (Wildman–Crippen MR) is 72.9 cm³/mol. The first kappa shape index (κ1) is 14.9. The van der Waals surface area contributed by atoms with Crippen LogP contribution in [-0.2, 0) is 11.8 Å². The molecule has 4 nitrogen and oxygen atoms in total. The largest absolute Gasteiger partial charge is 0.383 e. The van der Waals surface area contributed by atoms with E-state index >= 15 is 0 Å². The highest BCUT2D eigenvalue weighted by molar-refractivity contribution is 5.97. The van der Waals surface area contributed by atoms with Crippen LogP contribution in [0.5, 0.6) is 0 Å². The van der Waals surface area contributed by atoms with Gasteiger partial charge >= 0.3 is 0 Å². The van der Waals surface area contributed by atoms with Crippen molar-refractivity contribution >= 4 is 5.78 Å². The molecule has 1 rings (SSSR count). The molecule has 0 radical (unpaired) electrons. The van der Waals surface area contributed by atoms with Gasteiger partial charge in [0.05, 0.1) is 13.2 Å². The van der Waals surface area contributed by atoms with E-state index in [0.29, 0.717) is 19.1 Å². The van der Waals surface area contributed by atoms with E-state index in [1.807, 2.05) is 30.1 Å². The van der Waals surface area contributed by atoms with Gasteiger partial charge in [-0.15, -0.1) is 0 Å². The number of aryl methyl sites for hydroxylation is 1. The van der Waals surface area contributed by atoms with E-state index in [1.54, 1.807) is 7.11 Å². The Bertz CT molecular complexity index is 372. The number of methoxy groups -OCH3 is 1. The summed E-state index contributed by atoms with van der Waals surface area (Å²) in [6.45, 7) is 7.16. The fraction of sp³-hybridized carbons (Fsp3) is 0.643. The highest BCUT2D eigenvalue weighted by atomic mass is 16.5. The number of carbonyl (C=O) groups is 1. The minimum absolute atomic E-state index is 0.173. The van der Waals surface area contributed by atoms with Crippen LogP contribution in [0.15, 0.2) is 18.5 Å². The minimum atomic E-state index is 0.173. The van der Waals surface area contributed by atoms with Gasteiger partial charge in [-0.05, 0) is 12.0 Å². The molecule has 0 saturated carbocycles. The standard InChI is InChI=1S/C14H24N2O2/c1-12(2)9-16(7-8-18-4)11-14(17)13-5-6-15(3)10-13/h5-6,10,12H,7-9,11H2,1-4H3. The number of carbonyl (C=O) groups excluding carboxylic acids is 1. The summed E-state index contributed by atoms with van der Waals surface area (Å²) >= 11 is 0. The monoisotopic (exact) mass is 252 g/mol. The molecule has 1 heterocycles. The van der Waals surface area contributed by atoms with E-state index in [2.05, 4.69) is 18.7 Å². The van der Waals surface area contributed by atoms with Crippen molar-refractivity contribution < 1.29 is 9.53 Å². The summed E-state index contributed by atoms with van der Waals surface area (Å²) in [6.07, 6.45) is 3.77. The van der Waals surface area contributed by atoms with Gasteiger partial charge in [-0.3, -0.25) is 9.69 Å². The Morgan fingerprint density at radius 2 is 2.22 bits per heavy atom. The molecule has 0 atom stereocenters. The molecule has 0 bridgehead atoms. The van der Waals surface area contributed by atoms with Gasteiger partial charge in [-0.2, -0.15) is 0 Å². The Kier molecular flexibility index (Phi) is 6.09. The average Bonchev–Trinajstić information content (AvgIpc) is 2.72. The molecule has 0 aromatic carbocycles. The van der Waals surface area contributed by atoms with Crippen LogP contribution in [-0.4, -0.2) is 48.6 Å². The summed E-state index contributed by atoms with van der Waals surface area (Å²) in [5.41, 5.74) is 0.781. The van der Waals surface area contributed by atoms with Gasteiger partial charge in [0.15, 0.2) is 5.78 Å². The van der Waals surface area contributed by atoms with Gasteiger partial charge in [0.2, 0.25) is 0 Å². The lowest BCUT2D eigenvalue weighted by molar-refractivity contribution is 0.0881. The molecule has 0 unspecified atom stereocenters. The maximum Gasteiger partial charge on any atom is 0.178 e. The highest BCUT2D eigenvalue weighted by Gasteiger charge is 2.14. The number of Topliss-reactive ketones (excluding diaryl/α,β-unsaturated/α-hetero) is 1. The second kappa shape index (κ2) is 7.34. The molecule has 0 N–H and O–H groups in total. The zero-order valence-corrected chi connectivity index (χ0v) is 11.8. The second-order valence-corrected chi connectivity index (χ2v) is 5.11. The van der Waals surface area contributed by atoms with Crippen LogP contribution >= 0.6 is 0 Å². The van der Waals surface area contributed by atoms with Crippen molar-refractivity contribution in [2.45, 2.75) is 13.8 Å². The molecule has 0 amide bonds. The van der Waals surface area contributed by atoms with Gasteiger partial charge < -0.3 is 9.30 Å². The summed E-state index contributed by atoms with van der Waals surface area (Å²) in [4.78, 5) is 14.3. The fourth-order valence-corrected chi connectivity index (χ4v) is 1.93. The molecule has 4 heteroatoms. The zero-order valence-electron chi connectivity index (χ0n) is 11.8. The predicted octanol–water partition coefficient (Wildman–Crippen LogP) is 1.81. The van der Waals surface area contributed by atoms with E-state index in [0.717, 1.165) is 18.7 Å². The zero-order chi connectivity index (χ0) is 13.5. The van der Waals surface area contributed by atoms with Crippen LogP contribution in [0, 0.1) is 5.92 Å². The molecule has 0 aliphatic rings. The molecular weight excluding hydrogens is 228 g/mol. The normalized spacial score (nSPS) is 11.4. The molecule has 0 saturated heterocycles. The third kappa shape index (κ3) is 5.02. The van der Waals surface area contributed by atoms with Crippen molar-refractivity contribution in [1.29, 1.82) is 0 Å². The average molecular weight is 252 g/mol. The van der Waals surface area contributed by atoms with Crippen molar-refractivity contribution in [3.63, 3.8) is 0 Å². The fourth-order valence-electron chi connectivity index (χ4n) is 1.93. The molecule has 102 valence electrons. The lowest BCUT2D eigenvalue weighted by Crippen LogP contribution is -2.35. The molecular formula is C14H24N2O2. The van der Waals surface area contributed by atoms with E-state index in [1.165, 1.54) is 0 Å². The first-order valence-electron chi connectivity index (χ1n) is 6.39. The van der Waals surface area contributed by atoms with E-state index in [9.17, 15) is 4.79 Å². The van der Waals surface area contributed by atoms with Crippen LogP contribution in [0.4, 0.5) is 0 Å². The smallest absolute Gasteiger partial charge is 0.178 e. The summed E-state index contributed by atoms with van der Waals surface area (Å²) in [5, 5.41) is 0. The van der Waals surface area contributed by atoms with Crippen LogP contribution in [0.2, 0.25) is 0 Å². The van der Waals surface area contributed by atoms with Crippen LogP contribution in [0.1, 0.15) is 24.2 Å². The molecule has 1 aromatic rings. The topological polar surface area (TPSA) is 34.5 Å². The van der Waals surface area contributed by atoms with E-state index in [4.69, 9.17) is 4.74 Å². The molecule has 18 heavy (non-hydrogen) atoms. The Morgan fingerprint density at radius 3 is 2.72 bits per heavy atom. The molecule has 0 fully saturated rings. The quantitative estimate of drug-likeness (QED) is 0.662. The summed E-state index contributed by atoms with van der Waals surface area (Å²) < 4.78 is 6.99. The number of ether oxygens (including phenoxy) is 1. The van der Waals surface area contributed by atoms with Gasteiger partial charge in [-0.25, -0.2) is 0 Å². The van der Waals surface area contributed by atoms with Crippen molar-refractivity contribution in [3.05, 3.63) is 24.0 Å². The number of hydrogen-bond donors (Lipinski definition) is 0. The first-order chi connectivity index (χ1) is 8.52. The third-order valence-corrected chi connectivity index (χ3v) is 2.76. The lowest BCUT2D eigenvalue weighted by atomic mass is 10.1. The van der Waals surface area contributed by atoms with Gasteiger partial charge in [0.25, 0.3) is 0 Å². The van der Waals surface area contributed by atoms with Crippen molar-refractivity contribution in [2.24, 2.45) is 13.0 Å². The Hall–Kier alpha value is -1.13. The number of hydrogen-bond acceptors (Lipinski definition) is 3. The maximum atomic E-state index is 12.1. The summed E-state index contributed by atoms with van der Waals surface area (Å²) in [5.74, 6) is 0.720. The Labute approximate surface area is 110 Å². The van der Waals surface area contributed by atoms with Crippen LogP contribution in [0.3, 0.4) is 0 Å². The number of ketones is 1. The first-order valence-corrected chi connectivity index (χ1v) is 6.39. The maximum absolute atomic E-state index is 12.1. The SMILES string of the molecule is COCCN(CC(=O)c1ccn(C)c1)CC(C)C. The summed E-state index contributed by atoms with van der Waals surface area (Å²) in [7, 11) is 3.61. The van der Waals surface area contributed by atoms with Gasteiger partial charge in [-0.1, -0.05) is 13.8 Å². The Balaban J connectivity index is 2.56. The van der Waals surface area contributed by atoms with E-state index in [-0.39, 0.29) is 5.78 Å².